The van der Waals surface area contributed by atoms with Gasteiger partial charge in [-0.1, -0.05) is 12.1 Å². The maximum atomic E-state index is 12.7. The summed E-state index contributed by atoms with van der Waals surface area (Å²) in [6.45, 7) is 8.47. The van der Waals surface area contributed by atoms with Crippen molar-refractivity contribution < 1.29 is 9.53 Å². The second-order valence-corrected chi connectivity index (χ2v) is 7.42. The number of nitrogens with zero attached hydrogens (tertiary/aromatic N) is 4. The van der Waals surface area contributed by atoms with Gasteiger partial charge in [0, 0.05) is 44.0 Å². The lowest BCUT2D eigenvalue weighted by molar-refractivity contribution is 0.122. The second-order valence-electron chi connectivity index (χ2n) is 7.42. The van der Waals surface area contributed by atoms with Crippen molar-refractivity contribution in [1.82, 2.24) is 14.9 Å². The number of fused-ring (bicyclic) bond motifs is 1. The van der Waals surface area contributed by atoms with Crippen LogP contribution in [0, 0.1) is 13.8 Å². The molecule has 2 aliphatic rings. The monoisotopic (exact) mass is 381 g/mol. The molecule has 0 spiro atoms. The highest BCUT2D eigenvalue weighted by atomic mass is 16.5. The summed E-state index contributed by atoms with van der Waals surface area (Å²) in [4.78, 5) is 26.4. The largest absolute Gasteiger partial charge is 0.378 e. The zero-order chi connectivity index (χ0) is 19.5. The van der Waals surface area contributed by atoms with Crippen LogP contribution in [-0.2, 0) is 17.6 Å². The Labute approximate surface area is 165 Å². The minimum Gasteiger partial charge on any atom is -0.378 e. The van der Waals surface area contributed by atoms with Crippen molar-refractivity contribution in [2.24, 2.45) is 0 Å². The van der Waals surface area contributed by atoms with Crippen molar-refractivity contribution in [1.29, 1.82) is 0 Å². The number of aromatic nitrogens is 2. The summed E-state index contributed by atoms with van der Waals surface area (Å²) in [6.07, 6.45) is 1.53. The molecule has 0 radical (unpaired) electrons. The number of aryl methyl sites for hydroxylation is 2. The SMILES string of the molecule is Cc1cccc(NC(=O)N2CCc3nc(N4CCOCC4)nc(C)c3CC2)c1. The average Bonchev–Trinajstić information content (AvgIpc) is 2.92. The van der Waals surface area contributed by atoms with E-state index in [1.807, 2.05) is 43.0 Å². The third kappa shape index (κ3) is 4.09. The molecule has 3 heterocycles. The van der Waals surface area contributed by atoms with Gasteiger partial charge in [-0.15, -0.1) is 0 Å². The molecule has 1 aromatic carbocycles. The Balaban J connectivity index is 1.47. The molecule has 2 aromatic rings. The molecule has 2 aliphatic heterocycles. The Morgan fingerprint density at radius 3 is 2.64 bits per heavy atom. The van der Waals surface area contributed by atoms with Crippen LogP contribution in [0.3, 0.4) is 0 Å². The first kappa shape index (κ1) is 18.7. The normalized spacial score (nSPS) is 17.1. The minimum absolute atomic E-state index is 0.0579. The lowest BCUT2D eigenvalue weighted by Crippen LogP contribution is -2.37. The molecule has 1 aromatic heterocycles. The van der Waals surface area contributed by atoms with Crippen LogP contribution in [-0.4, -0.2) is 60.3 Å². The van der Waals surface area contributed by atoms with E-state index in [2.05, 4.69) is 10.2 Å². The molecule has 4 rings (SSSR count). The van der Waals surface area contributed by atoms with Crippen LogP contribution in [0.25, 0.3) is 0 Å². The van der Waals surface area contributed by atoms with Crippen LogP contribution in [0.4, 0.5) is 16.4 Å². The summed E-state index contributed by atoms with van der Waals surface area (Å²) >= 11 is 0. The number of carbonyl (C=O) groups is 1. The molecule has 1 N–H and O–H groups in total. The molecule has 0 atom stereocenters. The molecule has 7 nitrogen and oxygen atoms in total. The fourth-order valence-electron chi connectivity index (χ4n) is 3.80. The van der Waals surface area contributed by atoms with Crippen molar-refractivity contribution in [2.45, 2.75) is 26.7 Å². The zero-order valence-corrected chi connectivity index (χ0v) is 16.6. The molecule has 7 heteroatoms. The summed E-state index contributed by atoms with van der Waals surface area (Å²) in [7, 11) is 0. The van der Waals surface area contributed by atoms with E-state index >= 15 is 0 Å². The highest BCUT2D eigenvalue weighted by Gasteiger charge is 2.23. The molecule has 0 unspecified atom stereocenters. The Morgan fingerprint density at radius 1 is 1.07 bits per heavy atom. The number of ether oxygens (including phenoxy) is 1. The van der Waals surface area contributed by atoms with Crippen molar-refractivity contribution in [3.8, 4) is 0 Å². The van der Waals surface area contributed by atoms with Gasteiger partial charge in [0.25, 0.3) is 0 Å². The lowest BCUT2D eigenvalue weighted by atomic mass is 10.1. The number of benzene rings is 1. The Kier molecular flexibility index (Phi) is 5.43. The van der Waals surface area contributed by atoms with E-state index in [0.29, 0.717) is 26.3 Å². The van der Waals surface area contributed by atoms with Crippen LogP contribution in [0.5, 0.6) is 0 Å². The lowest BCUT2D eigenvalue weighted by Gasteiger charge is -2.27. The van der Waals surface area contributed by atoms with Crippen LogP contribution in [0.1, 0.15) is 22.5 Å². The van der Waals surface area contributed by atoms with Crippen LogP contribution >= 0.6 is 0 Å². The number of rotatable bonds is 2. The predicted molar refractivity (Wildman–Crippen MR) is 109 cm³/mol. The summed E-state index contributed by atoms with van der Waals surface area (Å²) in [6, 6.07) is 7.81. The molecule has 2 amide bonds. The quantitative estimate of drug-likeness (QED) is 0.866. The number of urea groups is 1. The Bertz CT molecular complexity index is 864. The van der Waals surface area contributed by atoms with E-state index < -0.39 is 0 Å². The molecule has 1 fully saturated rings. The second kappa shape index (κ2) is 8.14. The molecule has 1 saturated heterocycles. The first-order valence-electron chi connectivity index (χ1n) is 9.92. The van der Waals surface area contributed by atoms with Gasteiger partial charge in [-0.2, -0.15) is 0 Å². The van der Waals surface area contributed by atoms with E-state index in [4.69, 9.17) is 14.7 Å². The number of amides is 2. The molecule has 0 bridgehead atoms. The maximum absolute atomic E-state index is 12.7. The van der Waals surface area contributed by atoms with Gasteiger partial charge in [0.2, 0.25) is 5.95 Å². The van der Waals surface area contributed by atoms with Gasteiger partial charge in [-0.05, 0) is 43.5 Å². The number of anilines is 2. The number of hydrogen-bond acceptors (Lipinski definition) is 5. The fraction of sp³-hybridized carbons (Fsp3) is 0.476. The molecule has 148 valence electrons. The van der Waals surface area contributed by atoms with Crippen molar-refractivity contribution >= 4 is 17.7 Å². The van der Waals surface area contributed by atoms with E-state index in [1.165, 1.54) is 5.56 Å². The average molecular weight is 381 g/mol. The number of morpholine rings is 1. The fourth-order valence-corrected chi connectivity index (χ4v) is 3.80. The zero-order valence-electron chi connectivity index (χ0n) is 16.6. The highest BCUT2D eigenvalue weighted by Crippen LogP contribution is 2.21. The first-order chi connectivity index (χ1) is 13.6. The van der Waals surface area contributed by atoms with Gasteiger partial charge in [0.1, 0.15) is 0 Å². The standard InChI is InChI=1S/C21H27N5O2/c1-15-4-3-5-17(14-15)23-21(27)26-8-6-18-16(2)22-20(24-19(18)7-9-26)25-10-12-28-13-11-25/h3-5,14H,6-13H2,1-2H3,(H,23,27). The molecular formula is C21H27N5O2. The third-order valence-electron chi connectivity index (χ3n) is 5.39. The van der Waals surface area contributed by atoms with E-state index in [0.717, 1.165) is 54.5 Å². The Morgan fingerprint density at radius 2 is 1.86 bits per heavy atom. The van der Waals surface area contributed by atoms with Crippen molar-refractivity contribution in [2.75, 3.05) is 49.6 Å². The number of nitrogens with one attached hydrogen (secondary N) is 1. The predicted octanol–water partition coefficient (Wildman–Crippen LogP) is 2.56. The summed E-state index contributed by atoms with van der Waals surface area (Å²) in [5.74, 6) is 0.789. The minimum atomic E-state index is -0.0579. The molecule has 0 aliphatic carbocycles. The number of carbonyl (C=O) groups excluding carboxylic acids is 1. The van der Waals surface area contributed by atoms with Crippen molar-refractivity contribution in [3.63, 3.8) is 0 Å². The van der Waals surface area contributed by atoms with Gasteiger partial charge >= 0.3 is 6.03 Å². The molecule has 28 heavy (non-hydrogen) atoms. The topological polar surface area (TPSA) is 70.6 Å². The van der Waals surface area contributed by atoms with Crippen LogP contribution in [0.2, 0.25) is 0 Å². The summed E-state index contributed by atoms with van der Waals surface area (Å²) < 4.78 is 5.43. The smallest absolute Gasteiger partial charge is 0.321 e. The van der Waals surface area contributed by atoms with Crippen molar-refractivity contribution in [3.05, 3.63) is 46.8 Å². The Hall–Kier alpha value is -2.67. The van der Waals surface area contributed by atoms with Gasteiger partial charge in [0.15, 0.2) is 0 Å². The van der Waals surface area contributed by atoms with Crippen LogP contribution < -0.4 is 10.2 Å². The first-order valence-corrected chi connectivity index (χ1v) is 9.92. The number of hydrogen-bond donors (Lipinski definition) is 1. The molecule has 0 saturated carbocycles. The van der Waals surface area contributed by atoms with Gasteiger partial charge in [-0.25, -0.2) is 14.8 Å². The third-order valence-corrected chi connectivity index (χ3v) is 5.39. The van der Waals surface area contributed by atoms with E-state index in [1.54, 1.807) is 0 Å². The van der Waals surface area contributed by atoms with Crippen LogP contribution in [0.15, 0.2) is 24.3 Å². The van der Waals surface area contributed by atoms with E-state index in [-0.39, 0.29) is 6.03 Å². The molecular weight excluding hydrogens is 354 g/mol. The maximum Gasteiger partial charge on any atom is 0.321 e. The highest BCUT2D eigenvalue weighted by molar-refractivity contribution is 5.89. The van der Waals surface area contributed by atoms with Gasteiger partial charge in [0.05, 0.1) is 18.9 Å². The van der Waals surface area contributed by atoms with Gasteiger partial charge in [-0.3, -0.25) is 0 Å². The summed E-state index contributed by atoms with van der Waals surface area (Å²) in [5, 5.41) is 3.01. The van der Waals surface area contributed by atoms with Gasteiger partial charge < -0.3 is 19.9 Å². The van der Waals surface area contributed by atoms with E-state index in [9.17, 15) is 4.79 Å². The summed E-state index contributed by atoms with van der Waals surface area (Å²) in [5.41, 5.74) is 5.23.